The van der Waals surface area contributed by atoms with E-state index >= 15 is 0 Å². The van der Waals surface area contributed by atoms with Crippen LogP contribution in [-0.4, -0.2) is 6.36 Å². The Labute approximate surface area is 213 Å². The first-order valence-electron chi connectivity index (χ1n) is 13.4. The van der Waals surface area contributed by atoms with E-state index in [-0.39, 0.29) is 11.7 Å². The SMILES string of the molecule is CCCCC1CCCCC1C(CC)c1ccc(-c2ccc(-c3ccccc3)cc2)c(OC(F)(F)F)c1. The van der Waals surface area contributed by atoms with Gasteiger partial charge in [-0.1, -0.05) is 119 Å². The molecule has 4 rings (SSSR count). The number of hydrogen-bond donors (Lipinski definition) is 0. The highest BCUT2D eigenvalue weighted by Gasteiger charge is 2.34. The Bertz CT molecular complexity index is 1090. The van der Waals surface area contributed by atoms with Crippen LogP contribution in [0, 0.1) is 11.8 Å². The molecule has 192 valence electrons. The summed E-state index contributed by atoms with van der Waals surface area (Å²) < 4.78 is 45.0. The fraction of sp³-hybridized carbons (Fsp3) is 0.438. The molecule has 3 aromatic carbocycles. The molecule has 0 aliphatic heterocycles. The molecule has 0 radical (unpaired) electrons. The topological polar surface area (TPSA) is 9.23 Å². The summed E-state index contributed by atoms with van der Waals surface area (Å²) in [5.41, 5.74) is 4.25. The second-order valence-electron chi connectivity index (χ2n) is 10.1. The Balaban J connectivity index is 1.67. The highest BCUT2D eigenvalue weighted by molar-refractivity contribution is 5.74. The van der Waals surface area contributed by atoms with E-state index in [2.05, 4.69) is 18.6 Å². The van der Waals surface area contributed by atoms with Crippen molar-refractivity contribution in [2.75, 3.05) is 0 Å². The Kier molecular flexibility index (Phi) is 8.77. The van der Waals surface area contributed by atoms with Crippen LogP contribution in [0.25, 0.3) is 22.3 Å². The van der Waals surface area contributed by atoms with Gasteiger partial charge in [-0.15, -0.1) is 13.2 Å². The number of alkyl halides is 3. The van der Waals surface area contributed by atoms with Gasteiger partial charge >= 0.3 is 6.36 Å². The molecule has 0 N–H and O–H groups in total. The third kappa shape index (κ3) is 6.52. The molecular weight excluding hydrogens is 457 g/mol. The van der Waals surface area contributed by atoms with Crippen molar-refractivity contribution < 1.29 is 17.9 Å². The van der Waals surface area contributed by atoms with Gasteiger partial charge in [0.1, 0.15) is 5.75 Å². The van der Waals surface area contributed by atoms with E-state index in [9.17, 15) is 13.2 Å². The third-order valence-electron chi connectivity index (χ3n) is 7.82. The van der Waals surface area contributed by atoms with Gasteiger partial charge in [0.2, 0.25) is 0 Å². The maximum atomic E-state index is 13.5. The van der Waals surface area contributed by atoms with Crippen molar-refractivity contribution in [3.8, 4) is 28.0 Å². The highest BCUT2D eigenvalue weighted by Crippen LogP contribution is 2.46. The van der Waals surface area contributed by atoms with Crippen molar-refractivity contribution in [3.63, 3.8) is 0 Å². The van der Waals surface area contributed by atoms with Crippen molar-refractivity contribution in [2.24, 2.45) is 11.8 Å². The predicted octanol–water partition coefficient (Wildman–Crippen LogP) is 10.4. The normalized spacial score (nSPS) is 19.1. The summed E-state index contributed by atoms with van der Waals surface area (Å²) in [6, 6.07) is 23.1. The minimum atomic E-state index is -4.74. The van der Waals surface area contributed by atoms with E-state index < -0.39 is 6.36 Å². The molecule has 0 heterocycles. The molecule has 3 aromatic rings. The van der Waals surface area contributed by atoms with Crippen LogP contribution in [0.15, 0.2) is 72.8 Å². The van der Waals surface area contributed by atoms with E-state index in [1.807, 2.05) is 66.7 Å². The number of rotatable bonds is 9. The zero-order chi connectivity index (χ0) is 25.5. The van der Waals surface area contributed by atoms with Crippen LogP contribution in [0.5, 0.6) is 5.75 Å². The lowest BCUT2D eigenvalue weighted by Crippen LogP contribution is -2.26. The number of unbranched alkanes of at least 4 members (excludes halogenated alkanes) is 1. The van der Waals surface area contributed by atoms with Crippen molar-refractivity contribution in [1.29, 1.82) is 0 Å². The van der Waals surface area contributed by atoms with Crippen LogP contribution in [0.3, 0.4) is 0 Å². The van der Waals surface area contributed by atoms with Crippen LogP contribution in [0.1, 0.15) is 76.7 Å². The number of ether oxygens (including phenoxy) is 1. The van der Waals surface area contributed by atoms with Crippen molar-refractivity contribution >= 4 is 0 Å². The quantitative estimate of drug-likeness (QED) is 0.287. The minimum absolute atomic E-state index is 0.105. The fourth-order valence-electron chi connectivity index (χ4n) is 6.07. The van der Waals surface area contributed by atoms with Gasteiger partial charge in [-0.25, -0.2) is 0 Å². The summed E-state index contributed by atoms with van der Waals surface area (Å²) >= 11 is 0. The minimum Gasteiger partial charge on any atom is -0.405 e. The third-order valence-corrected chi connectivity index (χ3v) is 7.82. The first-order chi connectivity index (χ1) is 17.4. The van der Waals surface area contributed by atoms with Crippen molar-refractivity contribution in [2.45, 2.75) is 77.5 Å². The molecular formula is C32H37F3O. The van der Waals surface area contributed by atoms with Crippen LogP contribution in [0.2, 0.25) is 0 Å². The van der Waals surface area contributed by atoms with Gasteiger partial charge in [-0.3, -0.25) is 0 Å². The lowest BCUT2D eigenvalue weighted by atomic mass is 9.68. The Morgan fingerprint density at radius 2 is 1.50 bits per heavy atom. The van der Waals surface area contributed by atoms with Gasteiger partial charge in [0.25, 0.3) is 0 Å². The zero-order valence-corrected chi connectivity index (χ0v) is 21.4. The van der Waals surface area contributed by atoms with E-state index in [1.165, 1.54) is 38.5 Å². The number of halogens is 3. The Hall–Kier alpha value is -2.75. The fourth-order valence-corrected chi connectivity index (χ4v) is 6.07. The molecule has 1 fully saturated rings. The van der Waals surface area contributed by atoms with Gasteiger partial charge in [0.15, 0.2) is 0 Å². The summed E-state index contributed by atoms with van der Waals surface area (Å²) in [5, 5.41) is 0. The molecule has 1 aliphatic rings. The zero-order valence-electron chi connectivity index (χ0n) is 21.4. The maximum absolute atomic E-state index is 13.5. The largest absolute Gasteiger partial charge is 0.573 e. The van der Waals surface area contributed by atoms with Gasteiger partial charge in [0.05, 0.1) is 0 Å². The van der Waals surface area contributed by atoms with Crippen molar-refractivity contribution in [3.05, 3.63) is 78.4 Å². The first-order valence-corrected chi connectivity index (χ1v) is 13.4. The maximum Gasteiger partial charge on any atom is 0.573 e. The molecule has 0 aromatic heterocycles. The van der Waals surface area contributed by atoms with Crippen LogP contribution in [0.4, 0.5) is 13.2 Å². The van der Waals surface area contributed by atoms with Crippen LogP contribution >= 0.6 is 0 Å². The van der Waals surface area contributed by atoms with Gasteiger partial charge in [-0.2, -0.15) is 0 Å². The standard InChI is InChI=1S/C32H37F3O/c1-3-5-11-25-14-9-10-15-29(25)28(4-2)27-20-21-30(31(22-27)36-32(33,34)35)26-18-16-24(17-19-26)23-12-7-6-8-13-23/h6-8,12-13,16-22,25,28-29H,3-5,9-11,14-15H2,1-2H3. The molecule has 4 heteroatoms. The van der Waals surface area contributed by atoms with E-state index in [0.717, 1.165) is 29.5 Å². The van der Waals surface area contributed by atoms with E-state index in [1.54, 1.807) is 6.07 Å². The summed E-state index contributed by atoms with van der Waals surface area (Å²) in [7, 11) is 0. The first kappa shape index (κ1) is 26.3. The van der Waals surface area contributed by atoms with E-state index in [0.29, 0.717) is 23.0 Å². The lowest BCUT2D eigenvalue weighted by molar-refractivity contribution is -0.274. The number of hydrogen-bond acceptors (Lipinski definition) is 1. The average molecular weight is 495 g/mol. The second-order valence-corrected chi connectivity index (χ2v) is 10.1. The molecule has 0 amide bonds. The predicted molar refractivity (Wildman–Crippen MR) is 142 cm³/mol. The average Bonchev–Trinajstić information content (AvgIpc) is 2.88. The molecule has 1 nitrogen and oxygen atoms in total. The van der Waals surface area contributed by atoms with Gasteiger partial charge in [-0.05, 0) is 58.9 Å². The van der Waals surface area contributed by atoms with Crippen molar-refractivity contribution in [1.82, 2.24) is 0 Å². The summed E-state index contributed by atoms with van der Waals surface area (Å²) in [6.07, 6.45) is 4.67. The molecule has 3 atom stereocenters. The molecule has 0 saturated heterocycles. The Morgan fingerprint density at radius 3 is 2.17 bits per heavy atom. The summed E-state index contributed by atoms with van der Waals surface area (Å²) in [4.78, 5) is 0. The molecule has 1 saturated carbocycles. The van der Waals surface area contributed by atoms with Gasteiger partial charge < -0.3 is 4.74 Å². The molecule has 0 bridgehead atoms. The second kappa shape index (κ2) is 12.0. The summed E-state index contributed by atoms with van der Waals surface area (Å²) in [6.45, 7) is 4.39. The Morgan fingerprint density at radius 1 is 0.833 bits per heavy atom. The van der Waals surface area contributed by atoms with Crippen LogP contribution in [-0.2, 0) is 0 Å². The molecule has 1 aliphatic carbocycles. The molecule has 36 heavy (non-hydrogen) atoms. The lowest BCUT2D eigenvalue weighted by Gasteiger charge is -2.37. The highest BCUT2D eigenvalue weighted by atomic mass is 19.4. The van der Waals surface area contributed by atoms with Crippen LogP contribution < -0.4 is 4.74 Å². The molecule has 0 spiro atoms. The summed E-state index contributed by atoms with van der Waals surface area (Å²) in [5.74, 6) is 1.31. The van der Waals surface area contributed by atoms with E-state index in [4.69, 9.17) is 0 Å². The smallest absolute Gasteiger partial charge is 0.405 e. The van der Waals surface area contributed by atoms with Gasteiger partial charge in [0, 0.05) is 5.56 Å². The monoisotopic (exact) mass is 494 g/mol. The number of benzene rings is 3. The molecule has 3 unspecified atom stereocenters.